The summed E-state index contributed by atoms with van der Waals surface area (Å²) in [6.45, 7) is 5.81. The first-order chi connectivity index (χ1) is 7.70. The molecule has 100 valence electrons. The van der Waals surface area contributed by atoms with E-state index in [1.165, 1.54) is 6.92 Å². The third kappa shape index (κ3) is 2.97. The van der Waals surface area contributed by atoms with Gasteiger partial charge >= 0.3 is 5.97 Å². The smallest absolute Gasteiger partial charge is 0.324 e. The number of hydrogen-bond acceptors (Lipinski definition) is 3. The summed E-state index contributed by atoms with van der Waals surface area (Å²) < 4.78 is 27.5. The van der Waals surface area contributed by atoms with E-state index in [1.54, 1.807) is 0 Å². The van der Waals surface area contributed by atoms with Crippen LogP contribution in [-0.4, -0.2) is 42.4 Å². The average molecular weight is 264 g/mol. The summed E-state index contributed by atoms with van der Waals surface area (Å²) >= 11 is 0. The van der Waals surface area contributed by atoms with Crippen molar-refractivity contribution in [3.63, 3.8) is 0 Å². The third-order valence-electron chi connectivity index (χ3n) is 3.00. The second-order valence-corrected chi connectivity index (χ2v) is 6.68. The molecule has 0 radical (unpaired) electrons. The molecule has 0 aromatic heterocycles. The van der Waals surface area contributed by atoms with Gasteiger partial charge in [-0.05, 0) is 25.7 Å². The van der Waals surface area contributed by atoms with E-state index in [-0.39, 0.29) is 12.5 Å². The van der Waals surface area contributed by atoms with Crippen molar-refractivity contribution in [3.05, 3.63) is 0 Å². The van der Waals surface area contributed by atoms with E-state index in [4.69, 9.17) is 5.11 Å². The normalized spacial score (nSPS) is 26.6. The van der Waals surface area contributed by atoms with E-state index in [0.29, 0.717) is 19.4 Å². The Morgan fingerprint density at radius 1 is 1.53 bits per heavy atom. The molecule has 1 saturated heterocycles. The van der Waals surface area contributed by atoms with E-state index in [2.05, 4.69) is 4.72 Å². The van der Waals surface area contributed by atoms with Crippen LogP contribution in [0.2, 0.25) is 0 Å². The Hall–Kier alpha value is -0.660. The summed E-state index contributed by atoms with van der Waals surface area (Å²) in [5.41, 5.74) is -1.32. The Kier molecular flexibility index (Phi) is 4.16. The maximum atomic E-state index is 12.0. The van der Waals surface area contributed by atoms with Crippen LogP contribution in [0.3, 0.4) is 0 Å². The molecule has 0 amide bonds. The van der Waals surface area contributed by atoms with Crippen LogP contribution in [0.15, 0.2) is 0 Å². The molecule has 1 atom stereocenters. The molecule has 1 aliphatic heterocycles. The van der Waals surface area contributed by atoms with E-state index in [9.17, 15) is 13.2 Å². The second kappa shape index (κ2) is 4.91. The third-order valence-corrected chi connectivity index (χ3v) is 4.70. The Labute approximate surface area is 102 Å². The molecular weight excluding hydrogens is 244 g/mol. The fraction of sp³-hybridized carbons (Fsp3) is 0.900. The van der Waals surface area contributed by atoms with E-state index in [1.807, 2.05) is 13.8 Å². The molecule has 0 saturated carbocycles. The average Bonchev–Trinajstić information content (AvgIpc) is 2.60. The summed E-state index contributed by atoms with van der Waals surface area (Å²) in [6.07, 6.45) is 0.927. The van der Waals surface area contributed by atoms with Crippen LogP contribution in [0, 0.1) is 5.92 Å². The number of hydrogen-bond donors (Lipinski definition) is 2. The number of aliphatic carboxylic acids is 1. The van der Waals surface area contributed by atoms with Crippen LogP contribution in [-0.2, 0) is 15.0 Å². The minimum atomic E-state index is -3.71. The van der Waals surface area contributed by atoms with Gasteiger partial charge in [0.25, 0.3) is 10.2 Å². The van der Waals surface area contributed by atoms with Crippen molar-refractivity contribution in [2.75, 3.05) is 13.1 Å². The molecule has 0 spiro atoms. The number of carboxylic acid groups (broad SMARTS) is 1. The van der Waals surface area contributed by atoms with Crippen molar-refractivity contribution in [1.29, 1.82) is 0 Å². The fourth-order valence-corrected chi connectivity index (χ4v) is 3.66. The standard InChI is InChI=1S/C10H20N2O4S/c1-8(2)7-11-17(15,16)12-6-4-5-10(12,3)9(13)14/h8,11H,4-7H2,1-3H3,(H,13,14). The van der Waals surface area contributed by atoms with Gasteiger partial charge in [-0.1, -0.05) is 13.8 Å². The van der Waals surface area contributed by atoms with Crippen LogP contribution < -0.4 is 4.72 Å². The van der Waals surface area contributed by atoms with E-state index >= 15 is 0 Å². The van der Waals surface area contributed by atoms with Crippen LogP contribution >= 0.6 is 0 Å². The van der Waals surface area contributed by atoms with Crippen LogP contribution in [0.1, 0.15) is 33.6 Å². The molecule has 1 unspecified atom stereocenters. The number of rotatable bonds is 5. The Balaban J connectivity index is 2.87. The van der Waals surface area contributed by atoms with Gasteiger partial charge < -0.3 is 5.11 Å². The van der Waals surface area contributed by atoms with Crippen molar-refractivity contribution in [3.8, 4) is 0 Å². The number of carboxylic acids is 1. The topological polar surface area (TPSA) is 86.7 Å². The Morgan fingerprint density at radius 3 is 2.59 bits per heavy atom. The zero-order valence-electron chi connectivity index (χ0n) is 10.4. The van der Waals surface area contributed by atoms with Gasteiger partial charge in [0, 0.05) is 13.1 Å². The minimum Gasteiger partial charge on any atom is -0.480 e. The Bertz CT molecular complexity index is 393. The Morgan fingerprint density at radius 2 is 2.12 bits per heavy atom. The number of nitrogens with zero attached hydrogens (tertiary/aromatic N) is 1. The maximum absolute atomic E-state index is 12.0. The van der Waals surface area contributed by atoms with Gasteiger partial charge in [0.05, 0.1) is 0 Å². The zero-order chi connectivity index (χ0) is 13.3. The SMILES string of the molecule is CC(C)CNS(=O)(=O)N1CCCC1(C)C(=O)O. The quantitative estimate of drug-likeness (QED) is 0.753. The van der Waals surface area contributed by atoms with Gasteiger partial charge in [-0.3, -0.25) is 4.79 Å². The molecule has 1 aliphatic rings. The lowest BCUT2D eigenvalue weighted by molar-refractivity contribution is -0.146. The van der Waals surface area contributed by atoms with Crippen LogP contribution in [0.5, 0.6) is 0 Å². The molecule has 1 fully saturated rings. The zero-order valence-corrected chi connectivity index (χ0v) is 11.2. The van der Waals surface area contributed by atoms with Gasteiger partial charge in [0.1, 0.15) is 5.54 Å². The highest BCUT2D eigenvalue weighted by Crippen LogP contribution is 2.31. The molecule has 0 bridgehead atoms. The van der Waals surface area contributed by atoms with Crippen molar-refractivity contribution < 1.29 is 18.3 Å². The van der Waals surface area contributed by atoms with Crippen molar-refractivity contribution in [2.45, 2.75) is 39.2 Å². The molecule has 0 aromatic rings. The molecule has 6 nitrogen and oxygen atoms in total. The fourth-order valence-electron chi connectivity index (χ4n) is 1.89. The first kappa shape index (κ1) is 14.4. The van der Waals surface area contributed by atoms with E-state index in [0.717, 1.165) is 4.31 Å². The first-order valence-electron chi connectivity index (χ1n) is 5.71. The summed E-state index contributed by atoms with van der Waals surface area (Å²) in [5.74, 6) is -0.909. The van der Waals surface area contributed by atoms with E-state index < -0.39 is 21.7 Å². The largest absolute Gasteiger partial charge is 0.480 e. The highest BCUT2D eigenvalue weighted by Gasteiger charge is 2.49. The van der Waals surface area contributed by atoms with Crippen LogP contribution in [0.4, 0.5) is 0 Å². The number of carbonyl (C=O) groups is 1. The molecule has 0 aliphatic carbocycles. The highest BCUT2D eigenvalue weighted by atomic mass is 32.2. The summed E-state index contributed by atoms with van der Waals surface area (Å²) in [5, 5.41) is 9.15. The second-order valence-electron chi connectivity index (χ2n) is 5.00. The maximum Gasteiger partial charge on any atom is 0.324 e. The van der Waals surface area contributed by atoms with Gasteiger partial charge in [-0.2, -0.15) is 12.7 Å². The molecule has 1 heterocycles. The van der Waals surface area contributed by atoms with Crippen molar-refractivity contribution in [2.24, 2.45) is 5.92 Å². The summed E-state index contributed by atoms with van der Waals surface area (Å²) in [7, 11) is -3.71. The molecule has 2 N–H and O–H groups in total. The lowest BCUT2D eigenvalue weighted by atomic mass is 10.0. The summed E-state index contributed by atoms with van der Waals surface area (Å²) in [6, 6.07) is 0. The van der Waals surface area contributed by atoms with Crippen LogP contribution in [0.25, 0.3) is 0 Å². The van der Waals surface area contributed by atoms with Crippen molar-refractivity contribution >= 4 is 16.2 Å². The number of nitrogens with one attached hydrogen (secondary N) is 1. The first-order valence-corrected chi connectivity index (χ1v) is 7.15. The molecule has 17 heavy (non-hydrogen) atoms. The minimum absolute atomic E-state index is 0.184. The van der Waals surface area contributed by atoms with Crippen molar-refractivity contribution in [1.82, 2.24) is 9.03 Å². The molecule has 1 rings (SSSR count). The van der Waals surface area contributed by atoms with Gasteiger partial charge in [0.2, 0.25) is 0 Å². The molecular formula is C10H20N2O4S. The predicted molar refractivity (Wildman–Crippen MR) is 63.7 cm³/mol. The van der Waals surface area contributed by atoms with Gasteiger partial charge in [-0.25, -0.2) is 4.72 Å². The lowest BCUT2D eigenvalue weighted by Crippen LogP contribution is -2.54. The molecule has 7 heteroatoms. The monoisotopic (exact) mass is 264 g/mol. The predicted octanol–water partition coefficient (Wildman–Crippen LogP) is 0.416. The van der Waals surface area contributed by atoms with Gasteiger partial charge in [0.15, 0.2) is 0 Å². The van der Waals surface area contributed by atoms with Gasteiger partial charge in [-0.15, -0.1) is 0 Å². The highest BCUT2D eigenvalue weighted by molar-refractivity contribution is 7.87. The lowest BCUT2D eigenvalue weighted by Gasteiger charge is -2.30. The molecule has 0 aromatic carbocycles. The summed E-state index contributed by atoms with van der Waals surface area (Å²) in [4.78, 5) is 11.2.